The second-order valence-corrected chi connectivity index (χ2v) is 2.95. The maximum absolute atomic E-state index is 9.46. The van der Waals surface area contributed by atoms with Crippen LogP contribution in [0.4, 0.5) is 0 Å². The van der Waals surface area contributed by atoms with Crippen molar-refractivity contribution in [3.63, 3.8) is 0 Å². The number of aryl methyl sites for hydroxylation is 1. The lowest BCUT2D eigenvalue weighted by Crippen LogP contribution is -1.98. The number of aliphatic hydroxyl groups excluding tert-OH is 1. The first-order chi connectivity index (χ1) is 5.54. The summed E-state index contributed by atoms with van der Waals surface area (Å²) in [6.45, 7) is 5.15. The minimum atomic E-state index is -0.580. The highest BCUT2D eigenvalue weighted by Crippen LogP contribution is 2.26. The molecule has 1 aromatic rings. The lowest BCUT2D eigenvalue weighted by Gasteiger charge is -2.10. The Hall–Kier alpha value is -0.800. The Morgan fingerprint density at radius 1 is 1.38 bits per heavy atom. The van der Waals surface area contributed by atoms with E-state index in [9.17, 15) is 10.2 Å². The Bertz CT molecular complexity index is 300. The van der Waals surface area contributed by atoms with E-state index in [2.05, 4.69) is 4.98 Å². The number of rotatable bonds is 1. The van der Waals surface area contributed by atoms with Crippen LogP contribution in [0.25, 0.3) is 0 Å². The van der Waals surface area contributed by atoms with Crippen LogP contribution < -0.4 is 0 Å². The number of pyridine rings is 1. The van der Waals surface area contributed by atoms with Crippen molar-refractivity contribution in [2.45, 2.75) is 26.9 Å². The molecule has 2 N–H and O–H groups in total. The van der Waals surface area contributed by atoms with Gasteiger partial charge in [0.05, 0.1) is 11.8 Å². The zero-order valence-corrected chi connectivity index (χ0v) is 8.72. The van der Waals surface area contributed by atoms with Gasteiger partial charge in [0, 0.05) is 11.8 Å². The molecular formula is C9H14ClNO2. The predicted octanol–water partition coefficient (Wildman–Crippen LogP) is 1.88. The maximum Gasteiger partial charge on any atom is 0.140 e. The molecule has 0 radical (unpaired) electrons. The minimum absolute atomic E-state index is 0. The van der Waals surface area contributed by atoms with E-state index in [0.29, 0.717) is 16.8 Å². The van der Waals surface area contributed by atoms with Crippen molar-refractivity contribution in [1.82, 2.24) is 4.98 Å². The van der Waals surface area contributed by atoms with Gasteiger partial charge < -0.3 is 10.2 Å². The number of nitrogens with zero attached hydrogens (tertiary/aromatic N) is 1. The molecule has 13 heavy (non-hydrogen) atoms. The van der Waals surface area contributed by atoms with Crippen LogP contribution in [0, 0.1) is 13.8 Å². The molecular weight excluding hydrogens is 190 g/mol. The standard InChI is InChI=1S/C9H13NO2.ClH/c1-5-8(7(3)11)4-10-6(2)9(5)12;/h4,7,11-12H,1-3H3;1H. The minimum Gasteiger partial charge on any atom is -0.506 e. The van der Waals surface area contributed by atoms with Gasteiger partial charge >= 0.3 is 0 Å². The highest BCUT2D eigenvalue weighted by atomic mass is 35.5. The number of halogens is 1. The molecule has 74 valence electrons. The van der Waals surface area contributed by atoms with Crippen LogP contribution in [0.2, 0.25) is 0 Å². The van der Waals surface area contributed by atoms with Crippen LogP contribution in [-0.4, -0.2) is 15.2 Å². The van der Waals surface area contributed by atoms with Gasteiger partial charge in [-0.2, -0.15) is 0 Å². The second-order valence-electron chi connectivity index (χ2n) is 2.95. The van der Waals surface area contributed by atoms with Gasteiger partial charge in [0.25, 0.3) is 0 Å². The van der Waals surface area contributed by atoms with Crippen molar-refractivity contribution in [2.24, 2.45) is 0 Å². The summed E-state index contributed by atoms with van der Waals surface area (Å²) in [5, 5.41) is 18.7. The van der Waals surface area contributed by atoms with Gasteiger partial charge in [-0.25, -0.2) is 0 Å². The number of hydrogen-bond acceptors (Lipinski definition) is 3. The Balaban J connectivity index is 0.00000144. The van der Waals surface area contributed by atoms with Crippen LogP contribution in [-0.2, 0) is 0 Å². The molecule has 1 rings (SSSR count). The summed E-state index contributed by atoms with van der Waals surface area (Å²) in [6.07, 6.45) is 1.01. The van der Waals surface area contributed by atoms with Gasteiger partial charge in [0.15, 0.2) is 0 Å². The summed E-state index contributed by atoms with van der Waals surface area (Å²) in [5.41, 5.74) is 1.98. The lowest BCUT2D eigenvalue weighted by molar-refractivity contribution is 0.197. The molecule has 0 saturated heterocycles. The Morgan fingerprint density at radius 3 is 2.38 bits per heavy atom. The topological polar surface area (TPSA) is 53.4 Å². The third-order valence-electron chi connectivity index (χ3n) is 1.98. The number of aromatic nitrogens is 1. The van der Waals surface area contributed by atoms with Gasteiger partial charge in [-0.15, -0.1) is 12.4 Å². The zero-order chi connectivity index (χ0) is 9.30. The monoisotopic (exact) mass is 203 g/mol. The Kier molecular flexibility index (Phi) is 4.17. The molecule has 0 aliphatic heterocycles. The normalized spacial score (nSPS) is 12.0. The van der Waals surface area contributed by atoms with Crippen LogP contribution in [0.3, 0.4) is 0 Å². The molecule has 0 aliphatic carbocycles. The third kappa shape index (κ3) is 2.32. The van der Waals surface area contributed by atoms with Crippen molar-refractivity contribution in [2.75, 3.05) is 0 Å². The zero-order valence-electron chi connectivity index (χ0n) is 7.90. The third-order valence-corrected chi connectivity index (χ3v) is 1.98. The van der Waals surface area contributed by atoms with Crippen molar-refractivity contribution >= 4 is 12.4 Å². The SMILES string of the molecule is Cc1ncc(C(C)O)c(C)c1O.Cl. The Morgan fingerprint density at radius 2 is 1.92 bits per heavy atom. The van der Waals surface area contributed by atoms with Crippen LogP contribution >= 0.6 is 12.4 Å². The number of aromatic hydroxyl groups is 1. The van der Waals surface area contributed by atoms with Crippen molar-refractivity contribution in [3.05, 3.63) is 23.0 Å². The van der Waals surface area contributed by atoms with Crippen LogP contribution in [0.15, 0.2) is 6.20 Å². The van der Waals surface area contributed by atoms with E-state index in [1.807, 2.05) is 0 Å². The van der Waals surface area contributed by atoms with Gasteiger partial charge in [0.2, 0.25) is 0 Å². The first-order valence-corrected chi connectivity index (χ1v) is 3.87. The largest absolute Gasteiger partial charge is 0.506 e. The smallest absolute Gasteiger partial charge is 0.140 e. The van der Waals surface area contributed by atoms with Crippen LogP contribution in [0.1, 0.15) is 29.8 Å². The lowest BCUT2D eigenvalue weighted by atomic mass is 10.1. The van der Waals surface area contributed by atoms with Gasteiger partial charge in [-0.05, 0) is 26.3 Å². The number of hydrogen-bond donors (Lipinski definition) is 2. The second kappa shape index (κ2) is 4.44. The molecule has 1 aromatic heterocycles. The van der Waals surface area contributed by atoms with Gasteiger partial charge in [0.1, 0.15) is 5.75 Å². The summed E-state index contributed by atoms with van der Waals surface area (Å²) >= 11 is 0. The fourth-order valence-corrected chi connectivity index (χ4v) is 1.15. The summed E-state index contributed by atoms with van der Waals surface area (Å²) in [6, 6.07) is 0. The Labute approximate surface area is 83.9 Å². The van der Waals surface area contributed by atoms with E-state index in [4.69, 9.17) is 0 Å². The first kappa shape index (κ1) is 12.2. The summed E-state index contributed by atoms with van der Waals surface area (Å²) in [4.78, 5) is 3.95. The highest BCUT2D eigenvalue weighted by Gasteiger charge is 2.10. The predicted molar refractivity (Wildman–Crippen MR) is 53.3 cm³/mol. The molecule has 0 aliphatic rings. The average molecular weight is 204 g/mol. The molecule has 0 saturated carbocycles. The summed E-state index contributed by atoms with van der Waals surface area (Å²) in [5.74, 6) is 0.174. The van der Waals surface area contributed by atoms with Gasteiger partial charge in [-0.1, -0.05) is 0 Å². The summed E-state index contributed by atoms with van der Waals surface area (Å²) in [7, 11) is 0. The quantitative estimate of drug-likeness (QED) is 0.733. The highest BCUT2D eigenvalue weighted by molar-refractivity contribution is 5.85. The molecule has 3 nitrogen and oxygen atoms in total. The molecule has 1 atom stereocenters. The van der Waals surface area contributed by atoms with Crippen molar-refractivity contribution in [1.29, 1.82) is 0 Å². The van der Waals surface area contributed by atoms with Gasteiger partial charge in [-0.3, -0.25) is 4.98 Å². The van der Waals surface area contributed by atoms with E-state index in [1.54, 1.807) is 27.0 Å². The molecule has 0 aromatic carbocycles. The molecule has 0 spiro atoms. The van der Waals surface area contributed by atoms with E-state index in [0.717, 1.165) is 0 Å². The fraction of sp³-hybridized carbons (Fsp3) is 0.444. The van der Waals surface area contributed by atoms with E-state index in [1.165, 1.54) is 0 Å². The molecule has 0 bridgehead atoms. The van der Waals surface area contributed by atoms with Crippen LogP contribution in [0.5, 0.6) is 5.75 Å². The molecule has 0 amide bonds. The average Bonchev–Trinajstić information content (AvgIpc) is 2.00. The molecule has 1 unspecified atom stereocenters. The van der Waals surface area contributed by atoms with Crippen molar-refractivity contribution in [3.8, 4) is 5.75 Å². The van der Waals surface area contributed by atoms with E-state index < -0.39 is 6.10 Å². The van der Waals surface area contributed by atoms with Crippen molar-refractivity contribution < 1.29 is 10.2 Å². The fourth-order valence-electron chi connectivity index (χ4n) is 1.15. The van der Waals surface area contributed by atoms with E-state index in [-0.39, 0.29) is 18.2 Å². The summed E-state index contributed by atoms with van der Waals surface area (Å²) < 4.78 is 0. The first-order valence-electron chi connectivity index (χ1n) is 3.87. The maximum atomic E-state index is 9.46. The van der Waals surface area contributed by atoms with E-state index >= 15 is 0 Å². The number of aliphatic hydroxyl groups is 1. The molecule has 4 heteroatoms. The molecule has 0 fully saturated rings. The molecule has 1 heterocycles.